The van der Waals surface area contributed by atoms with Crippen LogP contribution in [-0.4, -0.2) is 11.8 Å². The summed E-state index contributed by atoms with van der Waals surface area (Å²) in [6.07, 6.45) is 5.34. The van der Waals surface area contributed by atoms with Gasteiger partial charge in [-0.05, 0) is 36.5 Å². The third kappa shape index (κ3) is 4.54. The Kier molecular flexibility index (Phi) is 5.94. The van der Waals surface area contributed by atoms with Gasteiger partial charge in [-0.3, -0.25) is 0 Å². The molecule has 0 amide bonds. The van der Waals surface area contributed by atoms with Gasteiger partial charge in [-0.1, -0.05) is 37.7 Å². The molecule has 1 nitrogen and oxygen atoms in total. The van der Waals surface area contributed by atoms with Crippen LogP contribution in [0.5, 0.6) is 0 Å². The zero-order valence-corrected chi connectivity index (χ0v) is 12.8. The van der Waals surface area contributed by atoms with Gasteiger partial charge in [0.2, 0.25) is 0 Å². The molecule has 1 aromatic rings. The molecule has 0 aromatic heterocycles. The Bertz CT molecular complexity index is 503. The van der Waals surface area contributed by atoms with E-state index in [0.717, 1.165) is 22.5 Å². The van der Waals surface area contributed by atoms with E-state index < -0.39 is 0 Å². The van der Waals surface area contributed by atoms with Gasteiger partial charge in [-0.25, -0.2) is 4.39 Å². The monoisotopic (exact) mass is 291 g/mol. The average molecular weight is 291 g/mol. The third-order valence-corrected chi connectivity index (χ3v) is 5.13. The number of nitrogens with two attached hydrogens (primary N) is 1. The Morgan fingerprint density at radius 1 is 1.40 bits per heavy atom. The summed E-state index contributed by atoms with van der Waals surface area (Å²) < 4.78 is 13.6. The van der Waals surface area contributed by atoms with Gasteiger partial charge in [0.25, 0.3) is 0 Å². The summed E-state index contributed by atoms with van der Waals surface area (Å²) in [5, 5.41) is 0.752. The second-order valence-corrected chi connectivity index (χ2v) is 6.81. The van der Waals surface area contributed by atoms with Crippen molar-refractivity contribution in [2.45, 2.75) is 43.6 Å². The molecule has 2 rings (SSSR count). The van der Waals surface area contributed by atoms with Gasteiger partial charge in [0.05, 0.1) is 12.1 Å². The Labute approximate surface area is 125 Å². The predicted molar refractivity (Wildman–Crippen MR) is 85.0 cm³/mol. The van der Waals surface area contributed by atoms with E-state index in [1.165, 1.54) is 31.7 Å². The molecule has 0 saturated heterocycles. The molecule has 0 spiro atoms. The molecule has 2 N–H and O–H groups in total. The highest BCUT2D eigenvalue weighted by atomic mass is 32.2. The first-order valence-corrected chi connectivity index (χ1v) is 8.33. The maximum absolute atomic E-state index is 13.6. The molecule has 1 saturated carbocycles. The van der Waals surface area contributed by atoms with Crippen LogP contribution >= 0.6 is 11.8 Å². The maximum atomic E-state index is 13.6. The standard InChI is InChI=1S/C17H22FNS/c1-13-4-2-6-16(10-13)20-12-14-7-8-17(18)15(11-14)5-3-9-19/h7-8,11,13,16H,2,4,6,9-10,12,19H2,1H3. The molecular formula is C17H22FNS. The molecule has 0 heterocycles. The molecule has 1 aromatic carbocycles. The normalized spacial score (nSPS) is 22.1. The molecule has 1 aliphatic rings. The molecule has 0 bridgehead atoms. The van der Waals surface area contributed by atoms with Crippen molar-refractivity contribution < 1.29 is 4.39 Å². The van der Waals surface area contributed by atoms with Gasteiger partial charge >= 0.3 is 0 Å². The number of thioether (sulfide) groups is 1. The van der Waals surface area contributed by atoms with Crippen LogP contribution in [0.2, 0.25) is 0 Å². The lowest BCUT2D eigenvalue weighted by atomic mass is 9.91. The highest BCUT2D eigenvalue weighted by molar-refractivity contribution is 7.99. The van der Waals surface area contributed by atoms with Crippen molar-refractivity contribution in [3.05, 3.63) is 35.1 Å². The van der Waals surface area contributed by atoms with Crippen molar-refractivity contribution in [3.8, 4) is 11.8 Å². The van der Waals surface area contributed by atoms with Crippen LogP contribution in [0.15, 0.2) is 18.2 Å². The van der Waals surface area contributed by atoms with Gasteiger partial charge in [0, 0.05) is 11.0 Å². The Hall–Kier alpha value is -0.980. The number of rotatable bonds is 3. The van der Waals surface area contributed by atoms with Gasteiger partial charge in [0.15, 0.2) is 0 Å². The van der Waals surface area contributed by atoms with Crippen molar-refractivity contribution in [3.63, 3.8) is 0 Å². The maximum Gasteiger partial charge on any atom is 0.138 e. The molecule has 108 valence electrons. The third-order valence-electron chi connectivity index (χ3n) is 3.73. The first-order chi connectivity index (χ1) is 9.69. The summed E-state index contributed by atoms with van der Waals surface area (Å²) >= 11 is 2.00. The fourth-order valence-corrected chi connectivity index (χ4v) is 4.05. The Balaban J connectivity index is 1.95. The fraction of sp³-hybridized carbons (Fsp3) is 0.529. The lowest BCUT2D eigenvalue weighted by molar-refractivity contribution is 0.394. The van der Waals surface area contributed by atoms with E-state index in [1.54, 1.807) is 0 Å². The summed E-state index contributed by atoms with van der Waals surface area (Å²) in [6, 6.07) is 5.24. The summed E-state index contributed by atoms with van der Waals surface area (Å²) in [4.78, 5) is 0. The first kappa shape index (κ1) is 15.4. The van der Waals surface area contributed by atoms with E-state index in [9.17, 15) is 4.39 Å². The van der Waals surface area contributed by atoms with Crippen molar-refractivity contribution in [1.29, 1.82) is 0 Å². The fourth-order valence-electron chi connectivity index (χ4n) is 2.65. The van der Waals surface area contributed by atoms with E-state index >= 15 is 0 Å². The Morgan fingerprint density at radius 2 is 2.25 bits per heavy atom. The largest absolute Gasteiger partial charge is 0.320 e. The summed E-state index contributed by atoms with van der Waals surface area (Å²) in [5.74, 6) is 7.04. The van der Waals surface area contributed by atoms with E-state index in [4.69, 9.17) is 5.73 Å². The second kappa shape index (κ2) is 7.71. The van der Waals surface area contributed by atoms with Crippen LogP contribution < -0.4 is 5.73 Å². The van der Waals surface area contributed by atoms with Crippen LogP contribution in [0.4, 0.5) is 4.39 Å². The van der Waals surface area contributed by atoms with Crippen LogP contribution in [0.3, 0.4) is 0 Å². The Morgan fingerprint density at radius 3 is 3.00 bits per heavy atom. The smallest absolute Gasteiger partial charge is 0.138 e. The number of hydrogen-bond acceptors (Lipinski definition) is 2. The van der Waals surface area contributed by atoms with Crippen molar-refractivity contribution >= 4 is 11.8 Å². The van der Waals surface area contributed by atoms with Gasteiger partial charge in [0.1, 0.15) is 5.82 Å². The lowest BCUT2D eigenvalue weighted by Gasteiger charge is -2.26. The number of hydrogen-bond donors (Lipinski definition) is 1. The molecule has 2 atom stereocenters. The van der Waals surface area contributed by atoms with Crippen LogP contribution in [-0.2, 0) is 5.75 Å². The van der Waals surface area contributed by atoms with E-state index in [2.05, 4.69) is 18.8 Å². The van der Waals surface area contributed by atoms with Crippen LogP contribution in [0, 0.1) is 23.6 Å². The minimum Gasteiger partial charge on any atom is -0.320 e. The highest BCUT2D eigenvalue weighted by Gasteiger charge is 2.19. The quantitative estimate of drug-likeness (QED) is 0.853. The summed E-state index contributed by atoms with van der Waals surface area (Å²) in [5.41, 5.74) is 6.95. The zero-order chi connectivity index (χ0) is 14.4. The molecule has 0 radical (unpaired) electrons. The summed E-state index contributed by atoms with van der Waals surface area (Å²) in [7, 11) is 0. The van der Waals surface area contributed by atoms with Crippen molar-refractivity contribution in [2.24, 2.45) is 11.7 Å². The zero-order valence-electron chi connectivity index (χ0n) is 12.0. The van der Waals surface area contributed by atoms with Gasteiger partial charge in [-0.2, -0.15) is 11.8 Å². The van der Waals surface area contributed by atoms with E-state index in [-0.39, 0.29) is 12.4 Å². The second-order valence-electron chi connectivity index (χ2n) is 5.52. The SMILES string of the molecule is CC1CCCC(SCc2ccc(F)c(C#CCN)c2)C1. The number of benzene rings is 1. The van der Waals surface area contributed by atoms with Crippen LogP contribution in [0.1, 0.15) is 43.7 Å². The minimum absolute atomic E-state index is 0.258. The molecule has 3 heteroatoms. The molecule has 2 unspecified atom stereocenters. The molecule has 1 fully saturated rings. The lowest BCUT2D eigenvalue weighted by Crippen LogP contribution is -2.15. The average Bonchev–Trinajstić information content (AvgIpc) is 2.45. The highest BCUT2D eigenvalue weighted by Crippen LogP contribution is 2.33. The molecular weight excluding hydrogens is 269 g/mol. The minimum atomic E-state index is -0.258. The first-order valence-electron chi connectivity index (χ1n) is 7.28. The van der Waals surface area contributed by atoms with Crippen molar-refractivity contribution in [2.75, 3.05) is 6.54 Å². The van der Waals surface area contributed by atoms with Crippen LogP contribution in [0.25, 0.3) is 0 Å². The topological polar surface area (TPSA) is 26.0 Å². The molecule has 0 aliphatic heterocycles. The summed E-state index contributed by atoms with van der Waals surface area (Å²) in [6.45, 7) is 2.60. The van der Waals surface area contributed by atoms with Gasteiger partial charge < -0.3 is 5.73 Å². The molecule has 1 aliphatic carbocycles. The van der Waals surface area contributed by atoms with Gasteiger partial charge in [-0.15, -0.1) is 0 Å². The molecule has 20 heavy (non-hydrogen) atoms. The van der Waals surface area contributed by atoms with E-state index in [0.29, 0.717) is 5.56 Å². The van der Waals surface area contributed by atoms with Crippen molar-refractivity contribution in [1.82, 2.24) is 0 Å². The van der Waals surface area contributed by atoms with E-state index in [1.807, 2.05) is 23.9 Å². The number of halogens is 1. The predicted octanol–water partition coefficient (Wildman–Crippen LogP) is 3.95.